The number of para-hydroxylation sites is 2. The number of imidazole rings is 1. The topological polar surface area (TPSA) is 47.3 Å². The summed E-state index contributed by atoms with van der Waals surface area (Å²) in [5.41, 5.74) is 0. The number of ether oxygens (including phenoxy) is 1. The van der Waals surface area contributed by atoms with Crippen LogP contribution in [0, 0.1) is 0 Å². The van der Waals surface area contributed by atoms with E-state index in [4.69, 9.17) is 4.74 Å². The molecule has 0 aliphatic carbocycles. The van der Waals surface area contributed by atoms with Crippen LogP contribution in [0.3, 0.4) is 0 Å². The Morgan fingerprint density at radius 3 is 2.78 bits per heavy atom. The van der Waals surface area contributed by atoms with Gasteiger partial charge in [-0.25, -0.2) is 4.98 Å². The van der Waals surface area contributed by atoms with E-state index in [-0.39, 0.29) is 5.75 Å². The van der Waals surface area contributed by atoms with E-state index in [2.05, 4.69) is 34.8 Å². The molecule has 0 radical (unpaired) electrons. The first-order valence-electron chi connectivity index (χ1n) is 5.72. The largest absolute Gasteiger partial charge is 0.504 e. The van der Waals surface area contributed by atoms with Crippen molar-refractivity contribution in [3.63, 3.8) is 0 Å². The van der Waals surface area contributed by atoms with Gasteiger partial charge in [0.2, 0.25) is 0 Å². The molecule has 1 aromatic carbocycles. The van der Waals surface area contributed by atoms with Gasteiger partial charge in [-0.05, 0) is 41.9 Å². The highest BCUT2D eigenvalue weighted by Crippen LogP contribution is 2.26. The van der Waals surface area contributed by atoms with Crippen molar-refractivity contribution in [1.29, 1.82) is 0 Å². The Morgan fingerprint density at radius 1 is 1.39 bits per heavy atom. The van der Waals surface area contributed by atoms with Crippen LogP contribution >= 0.6 is 15.9 Å². The van der Waals surface area contributed by atoms with Crippen molar-refractivity contribution >= 4 is 15.9 Å². The number of aromatic hydroxyl groups is 1. The first-order valence-corrected chi connectivity index (χ1v) is 6.51. The van der Waals surface area contributed by atoms with Crippen LogP contribution in [-0.2, 0) is 6.61 Å². The molecule has 0 saturated carbocycles. The fraction of sp³-hybridized carbons (Fsp3) is 0.308. The summed E-state index contributed by atoms with van der Waals surface area (Å²) >= 11 is 3.45. The van der Waals surface area contributed by atoms with Crippen LogP contribution in [0.4, 0.5) is 0 Å². The summed E-state index contributed by atoms with van der Waals surface area (Å²) in [5.74, 6) is 1.42. The van der Waals surface area contributed by atoms with Crippen LogP contribution < -0.4 is 4.74 Å². The molecule has 96 valence electrons. The molecular formula is C13H15BrN2O2. The summed E-state index contributed by atoms with van der Waals surface area (Å²) < 4.78 is 8.54. The Balaban J connectivity index is 2.14. The maximum Gasteiger partial charge on any atom is 0.161 e. The maximum absolute atomic E-state index is 9.61. The minimum Gasteiger partial charge on any atom is -0.504 e. The molecule has 0 spiro atoms. The molecule has 2 rings (SSSR count). The maximum atomic E-state index is 9.61. The highest BCUT2D eigenvalue weighted by atomic mass is 79.9. The van der Waals surface area contributed by atoms with Gasteiger partial charge in [0.1, 0.15) is 17.0 Å². The molecule has 0 aliphatic rings. The molecule has 0 unspecified atom stereocenters. The number of aromatic nitrogens is 2. The highest BCUT2D eigenvalue weighted by Gasteiger charge is 2.12. The van der Waals surface area contributed by atoms with Gasteiger partial charge in [-0.2, -0.15) is 0 Å². The monoisotopic (exact) mass is 310 g/mol. The van der Waals surface area contributed by atoms with Gasteiger partial charge in [-0.1, -0.05) is 12.1 Å². The number of nitrogens with zero attached hydrogens (tertiary/aromatic N) is 2. The highest BCUT2D eigenvalue weighted by molar-refractivity contribution is 9.10. The SMILES string of the molecule is CC(C)n1c(Br)cnc1COc1ccccc1O. The van der Waals surface area contributed by atoms with Gasteiger partial charge in [-0.15, -0.1) is 0 Å². The van der Waals surface area contributed by atoms with Crippen LogP contribution in [0.25, 0.3) is 0 Å². The number of hydrogen-bond donors (Lipinski definition) is 1. The second kappa shape index (κ2) is 5.44. The van der Waals surface area contributed by atoms with E-state index < -0.39 is 0 Å². The molecule has 18 heavy (non-hydrogen) atoms. The van der Waals surface area contributed by atoms with E-state index in [9.17, 15) is 5.11 Å². The van der Waals surface area contributed by atoms with Crippen molar-refractivity contribution < 1.29 is 9.84 Å². The lowest BCUT2D eigenvalue weighted by molar-refractivity contribution is 0.272. The Kier molecular flexibility index (Phi) is 3.91. The summed E-state index contributed by atoms with van der Waals surface area (Å²) in [6.45, 7) is 4.48. The quantitative estimate of drug-likeness (QED) is 0.940. The van der Waals surface area contributed by atoms with E-state index in [1.165, 1.54) is 0 Å². The summed E-state index contributed by atoms with van der Waals surface area (Å²) in [7, 11) is 0. The van der Waals surface area contributed by atoms with Gasteiger partial charge in [-0.3, -0.25) is 0 Å². The summed E-state index contributed by atoms with van der Waals surface area (Å²) in [4.78, 5) is 4.29. The molecule has 0 atom stereocenters. The van der Waals surface area contributed by atoms with E-state index in [0.717, 1.165) is 10.4 Å². The summed E-state index contributed by atoms with van der Waals surface area (Å²) in [6.07, 6.45) is 1.75. The Hall–Kier alpha value is -1.49. The van der Waals surface area contributed by atoms with Crippen LogP contribution in [0.2, 0.25) is 0 Å². The van der Waals surface area contributed by atoms with E-state index in [1.807, 2.05) is 10.6 Å². The zero-order chi connectivity index (χ0) is 13.1. The molecule has 5 heteroatoms. The van der Waals surface area contributed by atoms with Gasteiger partial charge < -0.3 is 14.4 Å². The normalized spacial score (nSPS) is 10.9. The fourth-order valence-electron chi connectivity index (χ4n) is 1.75. The Labute approximate surface area is 114 Å². The Bertz CT molecular complexity index is 538. The van der Waals surface area contributed by atoms with Crippen molar-refractivity contribution in [3.05, 3.63) is 40.9 Å². The lowest BCUT2D eigenvalue weighted by Gasteiger charge is -2.14. The first kappa shape index (κ1) is 13.0. The molecule has 2 aromatic rings. The number of hydrogen-bond acceptors (Lipinski definition) is 3. The second-order valence-corrected chi connectivity index (χ2v) is 5.03. The van der Waals surface area contributed by atoms with Gasteiger partial charge >= 0.3 is 0 Å². The van der Waals surface area contributed by atoms with Crippen molar-refractivity contribution in [1.82, 2.24) is 9.55 Å². The number of phenols is 1. The van der Waals surface area contributed by atoms with Crippen LogP contribution in [-0.4, -0.2) is 14.7 Å². The van der Waals surface area contributed by atoms with E-state index in [1.54, 1.807) is 24.4 Å². The number of halogens is 1. The third-order valence-electron chi connectivity index (χ3n) is 2.57. The van der Waals surface area contributed by atoms with Gasteiger partial charge in [0, 0.05) is 6.04 Å². The third kappa shape index (κ3) is 2.67. The van der Waals surface area contributed by atoms with Gasteiger partial charge in [0.15, 0.2) is 11.5 Å². The molecular weight excluding hydrogens is 296 g/mol. The molecule has 0 aliphatic heterocycles. The van der Waals surface area contributed by atoms with Crippen LogP contribution in [0.15, 0.2) is 35.1 Å². The fourth-order valence-corrected chi connectivity index (χ4v) is 2.47. The molecule has 1 heterocycles. The smallest absolute Gasteiger partial charge is 0.161 e. The molecule has 0 saturated heterocycles. The average Bonchev–Trinajstić information content (AvgIpc) is 2.69. The summed E-state index contributed by atoms with van der Waals surface area (Å²) in [5, 5.41) is 9.61. The van der Waals surface area contributed by atoms with Crippen LogP contribution in [0.1, 0.15) is 25.7 Å². The lowest BCUT2D eigenvalue weighted by Crippen LogP contribution is -2.09. The first-order chi connectivity index (χ1) is 8.59. The van der Waals surface area contributed by atoms with Crippen molar-refractivity contribution in [3.8, 4) is 11.5 Å². The third-order valence-corrected chi connectivity index (χ3v) is 3.15. The molecule has 1 N–H and O–H groups in total. The predicted octanol–water partition coefficient (Wildman–Crippen LogP) is 3.51. The molecule has 0 bridgehead atoms. The predicted molar refractivity (Wildman–Crippen MR) is 72.8 cm³/mol. The second-order valence-electron chi connectivity index (χ2n) is 4.22. The van der Waals surface area contributed by atoms with Crippen molar-refractivity contribution in [2.75, 3.05) is 0 Å². The average molecular weight is 311 g/mol. The standard InChI is InChI=1S/C13H15BrN2O2/c1-9(2)16-12(14)7-15-13(16)8-18-11-6-4-3-5-10(11)17/h3-7,9,17H,8H2,1-2H3. The lowest BCUT2D eigenvalue weighted by atomic mass is 10.3. The molecule has 1 aromatic heterocycles. The zero-order valence-corrected chi connectivity index (χ0v) is 11.9. The van der Waals surface area contributed by atoms with Crippen molar-refractivity contribution in [2.24, 2.45) is 0 Å². The molecule has 0 fully saturated rings. The minimum absolute atomic E-state index is 0.138. The van der Waals surface area contributed by atoms with Gasteiger partial charge in [0.25, 0.3) is 0 Å². The van der Waals surface area contributed by atoms with Crippen molar-refractivity contribution in [2.45, 2.75) is 26.5 Å². The number of rotatable bonds is 4. The van der Waals surface area contributed by atoms with Crippen LogP contribution in [0.5, 0.6) is 11.5 Å². The minimum atomic E-state index is 0.138. The molecule has 4 nitrogen and oxygen atoms in total. The zero-order valence-electron chi connectivity index (χ0n) is 10.3. The number of benzene rings is 1. The van der Waals surface area contributed by atoms with Gasteiger partial charge in [0.05, 0.1) is 6.20 Å². The summed E-state index contributed by atoms with van der Waals surface area (Å²) in [6, 6.07) is 7.20. The Morgan fingerprint density at radius 2 is 2.11 bits per heavy atom. The van der Waals surface area contributed by atoms with E-state index >= 15 is 0 Å². The molecule has 0 amide bonds. The number of phenolic OH excluding ortho intramolecular Hbond substituents is 1. The van der Waals surface area contributed by atoms with E-state index in [0.29, 0.717) is 18.4 Å².